The average molecular weight is 335 g/mol. The predicted molar refractivity (Wildman–Crippen MR) is 103 cm³/mol. The summed E-state index contributed by atoms with van der Waals surface area (Å²) in [6, 6.07) is 9.03. The molecule has 0 bridgehead atoms. The molecule has 5 heteroatoms. The van der Waals surface area contributed by atoms with E-state index in [1.807, 2.05) is 12.1 Å². The largest absolute Gasteiger partial charge is 0.318 e. The van der Waals surface area contributed by atoms with Crippen LogP contribution in [0.3, 0.4) is 0 Å². The van der Waals surface area contributed by atoms with Gasteiger partial charge in [-0.15, -0.1) is 5.22 Å². The maximum Gasteiger partial charge on any atom is 0.128 e. The molecule has 0 N–H and O–H groups in total. The summed E-state index contributed by atoms with van der Waals surface area (Å²) in [5.74, 6) is 0.633. The van der Waals surface area contributed by atoms with Crippen molar-refractivity contribution in [2.24, 2.45) is 10.2 Å². The highest BCUT2D eigenvalue weighted by Crippen LogP contribution is 2.45. The van der Waals surface area contributed by atoms with Gasteiger partial charge in [-0.2, -0.15) is 10.2 Å². The van der Waals surface area contributed by atoms with Gasteiger partial charge in [0.25, 0.3) is 0 Å². The van der Waals surface area contributed by atoms with E-state index in [2.05, 4.69) is 76.5 Å². The molecule has 0 atom stereocenters. The number of fused-ring (bicyclic) bond motifs is 2. The number of nitrogens with zero attached hydrogens (tertiary/aromatic N) is 5. The maximum atomic E-state index is 4.78. The number of guanidine groups is 1. The molecule has 2 aliphatic heterocycles. The average Bonchev–Trinajstić information content (AvgIpc) is 2.85. The van der Waals surface area contributed by atoms with Crippen LogP contribution in [0.4, 0.5) is 11.4 Å². The van der Waals surface area contributed by atoms with Crippen molar-refractivity contribution in [3.63, 3.8) is 0 Å². The molecule has 0 spiro atoms. The SMILES string of the molecule is C[N+]1=NN2C(=Nc3cc(C(C)(C)C)cc4cc(C(C)(C)C)cc2c34)[N-]1. The first-order valence-electron chi connectivity index (χ1n) is 8.72. The molecule has 130 valence electrons. The second-order valence-corrected chi connectivity index (χ2v) is 8.99. The summed E-state index contributed by atoms with van der Waals surface area (Å²) in [7, 11) is 1.83. The van der Waals surface area contributed by atoms with Crippen LogP contribution in [0, 0.1) is 0 Å². The summed E-state index contributed by atoms with van der Waals surface area (Å²) in [5.41, 5.74) is 9.17. The first-order valence-corrected chi connectivity index (χ1v) is 8.72. The number of hydrogen-bond acceptors (Lipinski definition) is 3. The van der Waals surface area contributed by atoms with Crippen molar-refractivity contribution >= 4 is 28.1 Å². The van der Waals surface area contributed by atoms with Crippen LogP contribution in [0.2, 0.25) is 0 Å². The van der Waals surface area contributed by atoms with Gasteiger partial charge in [-0.05, 0) is 39.5 Å². The number of hydrogen-bond donors (Lipinski definition) is 0. The Morgan fingerprint density at radius 3 is 2.12 bits per heavy atom. The Morgan fingerprint density at radius 1 is 0.920 bits per heavy atom. The molecule has 0 unspecified atom stereocenters. The molecule has 0 aromatic heterocycles. The summed E-state index contributed by atoms with van der Waals surface area (Å²) >= 11 is 0. The standard InChI is InChI=1S/C20H25N5/c1-19(2,3)13-8-12-9-14(20(4,5)6)11-16-17(12)15(10-13)21-18-22-24(7)23-25(16)18/h8-11H,1-7H3. The smallest absolute Gasteiger partial charge is 0.128 e. The van der Waals surface area contributed by atoms with E-state index >= 15 is 0 Å². The van der Waals surface area contributed by atoms with Crippen molar-refractivity contribution in [3.8, 4) is 0 Å². The van der Waals surface area contributed by atoms with Crippen molar-refractivity contribution in [1.29, 1.82) is 0 Å². The van der Waals surface area contributed by atoms with E-state index in [-0.39, 0.29) is 10.8 Å². The number of aliphatic imine (C=N–C) groups is 1. The molecule has 25 heavy (non-hydrogen) atoms. The summed E-state index contributed by atoms with van der Waals surface area (Å²) < 4.78 is 0. The summed E-state index contributed by atoms with van der Waals surface area (Å²) in [4.78, 5) is 6.36. The first-order chi connectivity index (χ1) is 11.5. The molecule has 0 saturated heterocycles. The van der Waals surface area contributed by atoms with Gasteiger partial charge in [0.2, 0.25) is 0 Å². The third-order valence-electron chi connectivity index (χ3n) is 4.83. The molecule has 2 aromatic carbocycles. The number of anilines is 1. The fourth-order valence-electron chi connectivity index (χ4n) is 3.29. The normalized spacial score (nSPS) is 16.5. The molecule has 4 rings (SSSR count). The summed E-state index contributed by atoms with van der Waals surface area (Å²) in [5, 5.41) is 8.72. The number of rotatable bonds is 0. The van der Waals surface area contributed by atoms with E-state index in [0.717, 1.165) is 16.8 Å². The van der Waals surface area contributed by atoms with E-state index in [4.69, 9.17) is 4.99 Å². The Labute approximate surface area is 149 Å². The lowest BCUT2D eigenvalue weighted by Crippen LogP contribution is -2.23. The van der Waals surface area contributed by atoms with Gasteiger partial charge < -0.3 is 4.99 Å². The molecular formula is C20H25N5. The van der Waals surface area contributed by atoms with E-state index in [9.17, 15) is 0 Å². The van der Waals surface area contributed by atoms with Gasteiger partial charge in [-0.1, -0.05) is 53.7 Å². The van der Waals surface area contributed by atoms with Crippen molar-refractivity contribution in [2.75, 3.05) is 12.1 Å². The zero-order valence-electron chi connectivity index (χ0n) is 16.0. The van der Waals surface area contributed by atoms with E-state index in [0.29, 0.717) is 5.96 Å². The molecule has 0 fully saturated rings. The van der Waals surface area contributed by atoms with Gasteiger partial charge in [0.1, 0.15) is 13.0 Å². The monoisotopic (exact) mass is 335 g/mol. The van der Waals surface area contributed by atoms with Crippen LogP contribution in [-0.2, 0) is 10.8 Å². The third-order valence-corrected chi connectivity index (χ3v) is 4.83. The Bertz CT molecular complexity index is 949. The van der Waals surface area contributed by atoms with Crippen LogP contribution >= 0.6 is 0 Å². The van der Waals surface area contributed by atoms with Crippen LogP contribution in [0.25, 0.3) is 16.2 Å². The van der Waals surface area contributed by atoms with Gasteiger partial charge in [0.05, 0.1) is 0 Å². The highest BCUT2D eigenvalue weighted by molar-refractivity contribution is 6.17. The Kier molecular flexibility index (Phi) is 3.09. The van der Waals surface area contributed by atoms with Crippen molar-refractivity contribution in [1.82, 2.24) is 0 Å². The van der Waals surface area contributed by atoms with Crippen LogP contribution in [0.1, 0.15) is 52.7 Å². The minimum Gasteiger partial charge on any atom is -0.318 e. The van der Waals surface area contributed by atoms with Gasteiger partial charge in [0, 0.05) is 16.8 Å². The zero-order valence-corrected chi connectivity index (χ0v) is 16.0. The zero-order chi connectivity index (χ0) is 18.1. The minimum atomic E-state index is 0.0557. The van der Waals surface area contributed by atoms with Crippen molar-refractivity contribution in [2.45, 2.75) is 52.4 Å². The first kappa shape index (κ1) is 16.1. The molecular weight excluding hydrogens is 310 g/mol. The van der Waals surface area contributed by atoms with Crippen LogP contribution in [0.5, 0.6) is 0 Å². The van der Waals surface area contributed by atoms with Crippen LogP contribution < -0.4 is 5.01 Å². The van der Waals surface area contributed by atoms with Gasteiger partial charge >= 0.3 is 0 Å². The lowest BCUT2D eigenvalue weighted by molar-refractivity contribution is -0.503. The van der Waals surface area contributed by atoms with Gasteiger partial charge in [0.15, 0.2) is 0 Å². The highest BCUT2D eigenvalue weighted by Gasteiger charge is 2.26. The number of benzene rings is 2. The van der Waals surface area contributed by atoms with Crippen LogP contribution in [-0.4, -0.2) is 17.8 Å². The van der Waals surface area contributed by atoms with Gasteiger partial charge in [-0.3, -0.25) is 5.01 Å². The quantitative estimate of drug-likeness (QED) is 0.582. The molecule has 2 aromatic rings. The van der Waals surface area contributed by atoms with E-state index < -0.39 is 0 Å². The Hall–Kier alpha value is -2.43. The molecule has 0 saturated carbocycles. The second-order valence-electron chi connectivity index (χ2n) is 8.99. The second kappa shape index (κ2) is 4.81. The van der Waals surface area contributed by atoms with E-state index in [1.165, 1.54) is 16.5 Å². The molecule has 0 aliphatic carbocycles. The molecule has 5 nitrogen and oxygen atoms in total. The fourth-order valence-corrected chi connectivity index (χ4v) is 3.29. The lowest BCUT2D eigenvalue weighted by Gasteiger charge is -2.31. The highest BCUT2D eigenvalue weighted by atomic mass is 15.8. The van der Waals surface area contributed by atoms with Crippen molar-refractivity contribution < 1.29 is 4.81 Å². The van der Waals surface area contributed by atoms with Crippen LogP contribution in [0.15, 0.2) is 34.5 Å². The fraction of sp³-hybridized carbons (Fsp3) is 0.450. The Balaban J connectivity index is 2.09. The lowest BCUT2D eigenvalue weighted by atomic mass is 9.82. The molecule has 0 radical (unpaired) electrons. The summed E-state index contributed by atoms with van der Waals surface area (Å²) in [6.45, 7) is 13.4. The minimum absolute atomic E-state index is 0.0557. The third kappa shape index (κ3) is 2.49. The van der Waals surface area contributed by atoms with Gasteiger partial charge in [-0.25, -0.2) is 0 Å². The molecule has 0 amide bonds. The van der Waals surface area contributed by atoms with E-state index in [1.54, 1.807) is 4.81 Å². The maximum absolute atomic E-state index is 4.78. The Morgan fingerprint density at radius 2 is 1.52 bits per heavy atom. The predicted octanol–water partition coefficient (Wildman–Crippen LogP) is 5.55. The molecule has 2 aliphatic rings. The topological polar surface area (TPSA) is 45.1 Å². The summed E-state index contributed by atoms with van der Waals surface area (Å²) in [6.07, 6.45) is 0. The molecule has 2 heterocycles. The van der Waals surface area contributed by atoms with Crippen molar-refractivity contribution in [3.05, 3.63) is 40.8 Å².